The number of morpholine rings is 1. The Hall–Kier alpha value is -3.63. The van der Waals surface area contributed by atoms with Gasteiger partial charge in [0.05, 0.1) is 6.54 Å². The van der Waals surface area contributed by atoms with Gasteiger partial charge in [-0.1, -0.05) is 25.1 Å². The second-order valence-corrected chi connectivity index (χ2v) is 8.34. The van der Waals surface area contributed by atoms with Crippen LogP contribution < -0.4 is 15.9 Å². The van der Waals surface area contributed by atoms with Gasteiger partial charge in [-0.15, -0.1) is 0 Å². The van der Waals surface area contributed by atoms with Crippen molar-refractivity contribution in [3.63, 3.8) is 0 Å². The Morgan fingerprint density at radius 1 is 1.30 bits per heavy atom. The molecule has 0 saturated carbocycles. The summed E-state index contributed by atoms with van der Waals surface area (Å²) >= 11 is 0. The van der Waals surface area contributed by atoms with E-state index in [1.165, 1.54) is 10.9 Å². The average Bonchev–Trinajstić information content (AvgIpc) is 3.29. The van der Waals surface area contributed by atoms with Crippen molar-refractivity contribution in [2.75, 3.05) is 16.8 Å². The molecule has 2 bridgehead atoms. The molecule has 2 aliphatic heterocycles. The third kappa shape index (κ3) is 3.47. The van der Waals surface area contributed by atoms with Crippen LogP contribution in [0, 0.1) is 6.92 Å². The quantitative estimate of drug-likeness (QED) is 0.602. The van der Waals surface area contributed by atoms with Gasteiger partial charge in [0.25, 0.3) is 5.91 Å². The number of anilines is 2. The minimum atomic E-state index is -0.826. The van der Waals surface area contributed by atoms with Gasteiger partial charge < -0.3 is 20.1 Å². The molecule has 0 unspecified atom stereocenters. The zero-order chi connectivity index (χ0) is 23.2. The van der Waals surface area contributed by atoms with Crippen LogP contribution in [-0.2, 0) is 4.74 Å². The number of aromatic nitrogens is 4. The maximum atomic E-state index is 13.0. The Morgan fingerprint density at radius 2 is 2.09 bits per heavy atom. The fourth-order valence-corrected chi connectivity index (χ4v) is 4.65. The highest BCUT2D eigenvalue weighted by molar-refractivity contribution is 6.03. The van der Waals surface area contributed by atoms with E-state index in [0.717, 1.165) is 0 Å². The molecule has 0 spiro atoms. The molecule has 1 aromatic carbocycles. The normalized spacial score (nSPS) is 25.9. The summed E-state index contributed by atoms with van der Waals surface area (Å²) in [6.07, 6.45) is 3.68. The predicted molar refractivity (Wildman–Crippen MR) is 120 cm³/mol. The molecule has 2 aromatic heterocycles. The molecule has 0 radical (unpaired) electrons. The third-order valence-electron chi connectivity index (χ3n) is 6.44. The number of ether oxygens (including phenoxy) is 1. The first-order valence-electron chi connectivity index (χ1n) is 10.8. The van der Waals surface area contributed by atoms with Crippen molar-refractivity contribution in [2.45, 2.75) is 44.2 Å². The van der Waals surface area contributed by atoms with E-state index in [4.69, 9.17) is 4.74 Å². The van der Waals surface area contributed by atoms with Crippen molar-refractivity contribution in [1.82, 2.24) is 19.5 Å². The lowest BCUT2D eigenvalue weighted by Gasteiger charge is -2.37. The monoisotopic (exact) mass is 448 g/mol. The molecule has 3 aromatic rings. The van der Waals surface area contributed by atoms with Crippen LogP contribution in [0.1, 0.15) is 35.5 Å². The second kappa shape index (κ2) is 8.05. The number of rotatable bonds is 5. The van der Waals surface area contributed by atoms with E-state index >= 15 is 0 Å². The van der Waals surface area contributed by atoms with Crippen molar-refractivity contribution < 1.29 is 14.6 Å². The second-order valence-electron chi connectivity index (χ2n) is 8.34. The molecule has 170 valence electrons. The van der Waals surface area contributed by atoms with Crippen molar-refractivity contribution in [3.05, 3.63) is 76.7 Å². The highest BCUT2D eigenvalue weighted by Gasteiger charge is 2.63. The Morgan fingerprint density at radius 3 is 2.76 bits per heavy atom. The van der Waals surface area contributed by atoms with Crippen LogP contribution in [0.3, 0.4) is 0 Å². The van der Waals surface area contributed by atoms with E-state index in [2.05, 4.69) is 20.3 Å². The van der Waals surface area contributed by atoms with Crippen molar-refractivity contribution in [2.24, 2.45) is 0 Å². The van der Waals surface area contributed by atoms with E-state index in [0.29, 0.717) is 29.9 Å². The van der Waals surface area contributed by atoms with Gasteiger partial charge >= 0.3 is 5.69 Å². The van der Waals surface area contributed by atoms with Crippen molar-refractivity contribution in [1.29, 1.82) is 0 Å². The summed E-state index contributed by atoms with van der Waals surface area (Å²) in [4.78, 5) is 39.9. The van der Waals surface area contributed by atoms with Crippen LogP contribution in [0.2, 0.25) is 0 Å². The average molecular weight is 448 g/mol. The predicted octanol–water partition coefficient (Wildman–Crippen LogP) is 1.52. The van der Waals surface area contributed by atoms with Crippen LogP contribution in [0.5, 0.6) is 0 Å². The van der Waals surface area contributed by atoms with Crippen molar-refractivity contribution in [3.8, 4) is 0 Å². The minimum absolute atomic E-state index is 0.187. The number of hydrogen-bond acceptors (Lipinski definition) is 8. The van der Waals surface area contributed by atoms with E-state index < -0.39 is 29.7 Å². The summed E-state index contributed by atoms with van der Waals surface area (Å²) in [5.74, 6) is 0.489. The first-order chi connectivity index (χ1) is 15.9. The molecule has 2 saturated heterocycles. The van der Waals surface area contributed by atoms with E-state index in [-0.39, 0.29) is 11.7 Å². The largest absolute Gasteiger partial charge is 0.388 e. The Labute approximate surface area is 189 Å². The summed E-state index contributed by atoms with van der Waals surface area (Å²) in [5, 5.41) is 13.8. The zero-order valence-electron chi connectivity index (χ0n) is 18.3. The number of aliphatic hydroxyl groups is 1. The lowest BCUT2D eigenvalue weighted by atomic mass is 9.96. The van der Waals surface area contributed by atoms with Gasteiger partial charge in [0.15, 0.2) is 6.23 Å². The Kier molecular flexibility index (Phi) is 5.18. The molecular weight excluding hydrogens is 424 g/mol. The first kappa shape index (κ1) is 21.2. The van der Waals surface area contributed by atoms with Crippen LogP contribution in [0.25, 0.3) is 0 Å². The first-order valence-corrected chi connectivity index (χ1v) is 10.8. The third-order valence-corrected chi connectivity index (χ3v) is 6.44. The molecule has 1 amide bonds. The molecular formula is C23H24N6O4. The summed E-state index contributed by atoms with van der Waals surface area (Å²) in [7, 11) is 0. The lowest BCUT2D eigenvalue weighted by molar-refractivity contribution is -0.106. The number of amides is 1. The molecule has 2 fully saturated rings. The summed E-state index contributed by atoms with van der Waals surface area (Å²) < 4.78 is 7.65. The van der Waals surface area contributed by atoms with Crippen LogP contribution >= 0.6 is 0 Å². The van der Waals surface area contributed by atoms with Gasteiger partial charge in [0, 0.05) is 23.5 Å². The van der Waals surface area contributed by atoms with Gasteiger partial charge in [0.2, 0.25) is 0 Å². The van der Waals surface area contributed by atoms with Crippen LogP contribution in [0.15, 0.2) is 59.9 Å². The van der Waals surface area contributed by atoms with E-state index in [1.807, 2.05) is 17.9 Å². The molecule has 10 nitrogen and oxygen atoms in total. The number of nitrogens with one attached hydrogen (secondary N) is 1. The van der Waals surface area contributed by atoms with Crippen LogP contribution in [0.4, 0.5) is 11.6 Å². The van der Waals surface area contributed by atoms with Gasteiger partial charge in [-0.05, 0) is 31.5 Å². The number of aryl methyl sites for hydroxylation is 1. The molecule has 0 aliphatic carbocycles. The molecule has 4 atom stereocenters. The Bertz CT molecular complexity index is 1230. The van der Waals surface area contributed by atoms with Crippen molar-refractivity contribution >= 4 is 17.5 Å². The molecule has 2 N–H and O–H groups in total. The molecule has 2 aliphatic rings. The molecule has 5 rings (SSSR count). The minimum Gasteiger partial charge on any atom is -0.388 e. The summed E-state index contributed by atoms with van der Waals surface area (Å²) in [5.41, 5.74) is -0.345. The summed E-state index contributed by atoms with van der Waals surface area (Å²) in [6, 6.07) is 9.95. The fraction of sp³-hybridized carbons (Fsp3) is 0.348. The molecule has 33 heavy (non-hydrogen) atoms. The standard InChI is InChI=1S/C23H24N6O4/c1-3-23-12-29(16-9-10-24-13-25-16)17(18(23)30)21(33-23)28-11-14(2)19(27-22(28)32)26-20(31)15-7-5-4-6-8-15/h4-11,13,17-18,21,30H,3,12H2,1-2H3,(H,26,27,31,32)/t17-,18+,21-,23+/m1/s1. The number of aliphatic hydroxyl groups excluding tert-OH is 1. The number of carbonyl (C=O) groups is 1. The number of hydrogen-bond donors (Lipinski definition) is 2. The van der Waals surface area contributed by atoms with E-state index in [1.54, 1.807) is 49.6 Å². The Balaban J connectivity index is 1.47. The topological polar surface area (TPSA) is 122 Å². The maximum Gasteiger partial charge on any atom is 0.351 e. The SMILES string of the molecule is CC[C@@]12CN(c3ccncn3)[C@@H]([C@H](n3cc(C)c(NC(=O)c4ccccc4)nc3=O)O1)[C@@H]2O. The smallest absolute Gasteiger partial charge is 0.351 e. The van der Waals surface area contributed by atoms with Gasteiger partial charge in [-0.3, -0.25) is 9.36 Å². The number of fused-ring (bicyclic) bond motifs is 2. The zero-order valence-corrected chi connectivity index (χ0v) is 18.3. The number of carbonyl (C=O) groups excluding carboxylic acids is 1. The van der Waals surface area contributed by atoms with Gasteiger partial charge in [-0.2, -0.15) is 4.98 Å². The highest BCUT2D eigenvalue weighted by Crippen LogP contribution is 2.49. The fourth-order valence-electron chi connectivity index (χ4n) is 4.65. The van der Waals surface area contributed by atoms with Gasteiger partial charge in [0.1, 0.15) is 35.7 Å². The number of nitrogens with zero attached hydrogens (tertiary/aromatic N) is 5. The number of benzene rings is 1. The summed E-state index contributed by atoms with van der Waals surface area (Å²) in [6.45, 7) is 4.15. The lowest BCUT2D eigenvalue weighted by Crippen LogP contribution is -2.48. The maximum absolute atomic E-state index is 13.0. The van der Waals surface area contributed by atoms with Crippen LogP contribution in [-0.4, -0.2) is 54.8 Å². The molecule has 4 heterocycles. The van der Waals surface area contributed by atoms with E-state index in [9.17, 15) is 14.7 Å². The highest BCUT2D eigenvalue weighted by atomic mass is 16.6. The van der Waals surface area contributed by atoms with Gasteiger partial charge in [-0.25, -0.2) is 14.8 Å². The molecule has 10 heteroatoms.